The number of alkyl halides is 2. The van der Waals surface area contributed by atoms with Crippen LogP contribution in [0.25, 0.3) is 22.2 Å². The molecule has 1 fully saturated rings. The first kappa shape index (κ1) is 14.3. The van der Waals surface area contributed by atoms with Gasteiger partial charge in [0.2, 0.25) is 5.92 Å². The number of benzene rings is 1. The van der Waals surface area contributed by atoms with Gasteiger partial charge in [-0.1, -0.05) is 24.3 Å². The van der Waals surface area contributed by atoms with Gasteiger partial charge in [-0.05, 0) is 22.8 Å². The molecule has 4 rings (SSSR count). The molecule has 0 unspecified atom stereocenters. The number of nitrogens with zero attached hydrogens (tertiary/aromatic N) is 2. The number of rotatable bonds is 3. The van der Waals surface area contributed by atoms with Gasteiger partial charge in [-0.15, -0.1) is 0 Å². The highest BCUT2D eigenvalue weighted by molar-refractivity contribution is 5.92. The predicted octanol–water partition coefficient (Wildman–Crippen LogP) is 3.25. The molecular weight excluding hydrogens is 298 g/mol. The van der Waals surface area contributed by atoms with E-state index in [9.17, 15) is 8.78 Å². The van der Waals surface area contributed by atoms with Crippen molar-refractivity contribution in [2.75, 3.05) is 6.54 Å². The second kappa shape index (κ2) is 4.83. The Hall–Kier alpha value is -2.34. The summed E-state index contributed by atoms with van der Waals surface area (Å²) in [7, 11) is 0. The third-order valence-corrected chi connectivity index (χ3v) is 4.72. The molecule has 0 spiro atoms. The molecular formula is C17H16F2N4. The Kier molecular flexibility index (Phi) is 2.99. The summed E-state index contributed by atoms with van der Waals surface area (Å²) in [5, 5.41) is 7.76. The minimum absolute atomic E-state index is 0.183. The van der Waals surface area contributed by atoms with Gasteiger partial charge in [0.25, 0.3) is 0 Å². The first-order valence-electron chi connectivity index (χ1n) is 7.50. The van der Waals surface area contributed by atoms with E-state index in [1.165, 1.54) is 0 Å². The van der Waals surface area contributed by atoms with E-state index >= 15 is 0 Å². The number of hydrogen-bond donors (Lipinski definition) is 2. The summed E-state index contributed by atoms with van der Waals surface area (Å²) in [6.07, 6.45) is 3.06. The Morgan fingerprint density at radius 3 is 2.78 bits per heavy atom. The van der Waals surface area contributed by atoms with Gasteiger partial charge >= 0.3 is 0 Å². The summed E-state index contributed by atoms with van der Waals surface area (Å²) < 4.78 is 26.8. The molecule has 23 heavy (non-hydrogen) atoms. The molecule has 2 heterocycles. The van der Waals surface area contributed by atoms with Crippen molar-refractivity contribution < 1.29 is 8.78 Å². The second-order valence-corrected chi connectivity index (χ2v) is 6.27. The van der Waals surface area contributed by atoms with Crippen LogP contribution in [-0.2, 0) is 5.41 Å². The standard InChI is InChI=1S/C17H16F2N4/c18-17(19)8-16(9-17,10-20)12-3-1-2-11(6-12)13-4-5-21-15-14(13)7-22-23-15/h1-7H,8-10,20H2,(H,21,22,23). The molecule has 4 nitrogen and oxygen atoms in total. The van der Waals surface area contributed by atoms with Crippen molar-refractivity contribution in [1.29, 1.82) is 0 Å². The van der Waals surface area contributed by atoms with Gasteiger partial charge in [-0.3, -0.25) is 5.10 Å². The number of hydrogen-bond acceptors (Lipinski definition) is 3. The van der Waals surface area contributed by atoms with Gasteiger partial charge in [-0.25, -0.2) is 13.8 Å². The molecule has 1 aliphatic carbocycles. The minimum atomic E-state index is -2.61. The molecule has 0 saturated heterocycles. The molecule has 6 heteroatoms. The fourth-order valence-corrected chi connectivity index (χ4v) is 3.52. The number of pyridine rings is 1. The van der Waals surface area contributed by atoms with E-state index in [1.807, 2.05) is 30.3 Å². The molecule has 0 aliphatic heterocycles. The maximum Gasteiger partial charge on any atom is 0.250 e. The van der Waals surface area contributed by atoms with Crippen molar-refractivity contribution in [3.63, 3.8) is 0 Å². The highest BCUT2D eigenvalue weighted by Gasteiger charge is 2.56. The van der Waals surface area contributed by atoms with Gasteiger partial charge in [-0.2, -0.15) is 5.10 Å². The molecule has 1 aromatic carbocycles. The zero-order chi connectivity index (χ0) is 16.1. The SMILES string of the molecule is NCC1(c2cccc(-c3ccnc4[nH]ncc34)c2)CC(F)(F)C1. The van der Waals surface area contributed by atoms with Gasteiger partial charge < -0.3 is 5.73 Å². The van der Waals surface area contributed by atoms with E-state index in [0.717, 1.165) is 22.1 Å². The Morgan fingerprint density at radius 2 is 2.04 bits per heavy atom. The number of halogens is 2. The zero-order valence-electron chi connectivity index (χ0n) is 12.4. The van der Waals surface area contributed by atoms with Gasteiger partial charge in [0, 0.05) is 36.4 Å². The van der Waals surface area contributed by atoms with Crippen LogP contribution in [-0.4, -0.2) is 27.6 Å². The van der Waals surface area contributed by atoms with Gasteiger partial charge in [0.1, 0.15) is 0 Å². The van der Waals surface area contributed by atoms with E-state index in [-0.39, 0.29) is 19.4 Å². The highest BCUT2D eigenvalue weighted by Crippen LogP contribution is 2.53. The van der Waals surface area contributed by atoms with E-state index < -0.39 is 11.3 Å². The number of fused-ring (bicyclic) bond motifs is 1. The number of nitrogens with two attached hydrogens (primary N) is 1. The maximum atomic E-state index is 13.4. The van der Waals surface area contributed by atoms with Crippen molar-refractivity contribution in [2.45, 2.75) is 24.2 Å². The lowest BCUT2D eigenvalue weighted by Gasteiger charge is -2.47. The summed E-state index contributed by atoms with van der Waals surface area (Å²) in [6, 6.07) is 9.61. The van der Waals surface area contributed by atoms with Crippen molar-refractivity contribution in [3.05, 3.63) is 48.3 Å². The molecule has 0 radical (unpaired) electrons. The van der Waals surface area contributed by atoms with E-state index in [2.05, 4.69) is 15.2 Å². The average molecular weight is 314 g/mol. The molecule has 3 aromatic rings. The van der Waals surface area contributed by atoms with E-state index in [4.69, 9.17) is 5.73 Å². The van der Waals surface area contributed by atoms with Crippen molar-refractivity contribution in [1.82, 2.24) is 15.2 Å². The first-order valence-corrected chi connectivity index (χ1v) is 7.50. The Bertz CT molecular complexity index is 864. The normalized spacial score (nSPS) is 18.7. The topological polar surface area (TPSA) is 67.6 Å². The average Bonchev–Trinajstić information content (AvgIpc) is 3.00. The van der Waals surface area contributed by atoms with Crippen LogP contribution in [0.15, 0.2) is 42.7 Å². The summed E-state index contributed by atoms with van der Waals surface area (Å²) in [5.74, 6) is -2.61. The maximum absolute atomic E-state index is 13.4. The Labute approximate surface area is 131 Å². The lowest BCUT2D eigenvalue weighted by molar-refractivity contribution is -0.123. The lowest BCUT2D eigenvalue weighted by Crippen LogP contribution is -2.53. The van der Waals surface area contributed by atoms with Crippen LogP contribution in [0.5, 0.6) is 0 Å². The molecule has 118 valence electrons. The zero-order valence-corrected chi connectivity index (χ0v) is 12.4. The summed E-state index contributed by atoms with van der Waals surface area (Å²) in [5.41, 5.74) is 8.71. The van der Waals surface area contributed by atoms with Crippen LogP contribution in [0.3, 0.4) is 0 Å². The molecule has 1 aliphatic rings. The summed E-state index contributed by atoms with van der Waals surface area (Å²) in [4.78, 5) is 4.22. The predicted molar refractivity (Wildman–Crippen MR) is 84.2 cm³/mol. The lowest BCUT2D eigenvalue weighted by atomic mass is 9.62. The van der Waals surface area contributed by atoms with E-state index in [0.29, 0.717) is 5.65 Å². The molecule has 3 N–H and O–H groups in total. The fraction of sp³-hybridized carbons (Fsp3) is 0.294. The van der Waals surface area contributed by atoms with E-state index in [1.54, 1.807) is 12.4 Å². The van der Waals surface area contributed by atoms with Crippen LogP contribution in [0.4, 0.5) is 8.78 Å². The van der Waals surface area contributed by atoms with Crippen LogP contribution in [0, 0.1) is 0 Å². The fourth-order valence-electron chi connectivity index (χ4n) is 3.52. The third-order valence-electron chi connectivity index (χ3n) is 4.72. The van der Waals surface area contributed by atoms with Crippen molar-refractivity contribution in [2.24, 2.45) is 5.73 Å². The quantitative estimate of drug-likeness (QED) is 0.780. The molecule has 2 aromatic heterocycles. The molecule has 0 atom stereocenters. The van der Waals surface area contributed by atoms with Crippen LogP contribution in [0.2, 0.25) is 0 Å². The third kappa shape index (κ3) is 2.21. The van der Waals surface area contributed by atoms with Crippen LogP contribution >= 0.6 is 0 Å². The smallest absolute Gasteiger partial charge is 0.250 e. The number of nitrogens with one attached hydrogen (secondary N) is 1. The van der Waals surface area contributed by atoms with Crippen molar-refractivity contribution >= 4 is 11.0 Å². The van der Waals surface area contributed by atoms with Crippen LogP contribution in [0.1, 0.15) is 18.4 Å². The van der Waals surface area contributed by atoms with Crippen molar-refractivity contribution in [3.8, 4) is 11.1 Å². The number of aromatic amines is 1. The van der Waals surface area contributed by atoms with Crippen LogP contribution < -0.4 is 5.73 Å². The summed E-state index contributed by atoms with van der Waals surface area (Å²) >= 11 is 0. The number of aromatic nitrogens is 3. The largest absolute Gasteiger partial charge is 0.330 e. The number of H-pyrrole nitrogens is 1. The van der Waals surface area contributed by atoms with Gasteiger partial charge in [0.05, 0.1) is 6.20 Å². The first-order chi connectivity index (χ1) is 11.0. The molecule has 0 bridgehead atoms. The second-order valence-electron chi connectivity index (χ2n) is 6.27. The summed E-state index contributed by atoms with van der Waals surface area (Å²) in [6.45, 7) is 0.226. The minimum Gasteiger partial charge on any atom is -0.330 e. The van der Waals surface area contributed by atoms with Gasteiger partial charge in [0.15, 0.2) is 5.65 Å². The Morgan fingerprint density at radius 1 is 1.22 bits per heavy atom. The Balaban J connectivity index is 1.79. The molecule has 1 saturated carbocycles. The highest BCUT2D eigenvalue weighted by atomic mass is 19.3. The molecule has 0 amide bonds. The monoisotopic (exact) mass is 314 g/mol.